The molecule has 0 bridgehead atoms. The number of benzene rings is 1. The van der Waals surface area contributed by atoms with Crippen molar-refractivity contribution >= 4 is 28.4 Å². The number of amides is 1. The van der Waals surface area contributed by atoms with E-state index in [1.54, 1.807) is 11.4 Å². The van der Waals surface area contributed by atoms with Gasteiger partial charge in [-0.3, -0.25) is 5.32 Å². The molecular formula is C14H12KNO4S. The van der Waals surface area contributed by atoms with E-state index in [4.69, 9.17) is 4.74 Å². The molecule has 1 aromatic carbocycles. The van der Waals surface area contributed by atoms with E-state index >= 15 is 0 Å². The molecule has 21 heavy (non-hydrogen) atoms. The van der Waals surface area contributed by atoms with Crippen LogP contribution in [0.5, 0.6) is 0 Å². The van der Waals surface area contributed by atoms with E-state index in [0.717, 1.165) is 5.56 Å². The number of anilines is 1. The van der Waals surface area contributed by atoms with Gasteiger partial charge in [0.15, 0.2) is 0 Å². The minimum Gasteiger partial charge on any atom is -0.550 e. The van der Waals surface area contributed by atoms with Gasteiger partial charge in [-0.1, -0.05) is 30.3 Å². The van der Waals surface area contributed by atoms with Crippen LogP contribution in [0.2, 0.25) is 0 Å². The number of carboxylic acid groups (broad SMARTS) is 1. The van der Waals surface area contributed by atoms with Crippen molar-refractivity contribution in [3.63, 3.8) is 0 Å². The van der Waals surface area contributed by atoms with Gasteiger partial charge in [-0.05, 0) is 22.6 Å². The average molecular weight is 329 g/mol. The average Bonchev–Trinajstić information content (AvgIpc) is 2.84. The van der Waals surface area contributed by atoms with Gasteiger partial charge in [0.25, 0.3) is 0 Å². The van der Waals surface area contributed by atoms with Crippen molar-refractivity contribution < 1.29 is 70.8 Å². The van der Waals surface area contributed by atoms with Crippen LogP contribution >= 0.6 is 11.3 Å². The van der Waals surface area contributed by atoms with E-state index < -0.39 is 12.1 Å². The van der Waals surface area contributed by atoms with Gasteiger partial charge in [0.05, 0.1) is 0 Å². The number of carboxylic acids is 1. The van der Waals surface area contributed by atoms with Crippen LogP contribution in [0.3, 0.4) is 0 Å². The minimum atomic E-state index is -1.19. The van der Waals surface area contributed by atoms with Gasteiger partial charge in [-0.25, -0.2) is 4.79 Å². The van der Waals surface area contributed by atoms with Crippen molar-refractivity contribution in [2.45, 2.75) is 13.0 Å². The molecule has 5 nitrogen and oxygen atoms in total. The summed E-state index contributed by atoms with van der Waals surface area (Å²) in [6.07, 6.45) is -0.853. The molecule has 2 rings (SSSR count). The summed E-state index contributed by atoms with van der Waals surface area (Å²) >= 11 is 1.24. The fourth-order valence-corrected chi connectivity index (χ4v) is 2.39. The Hall–Kier alpha value is -0.704. The number of carbonyl (C=O) groups is 2. The van der Waals surface area contributed by atoms with Crippen LogP contribution in [-0.4, -0.2) is 12.1 Å². The van der Waals surface area contributed by atoms with Crippen LogP contribution in [0, 0.1) is 0 Å². The Bertz CT molecular complexity index is 600. The quantitative estimate of drug-likeness (QED) is 0.699. The van der Waals surface area contributed by atoms with Crippen molar-refractivity contribution in [1.82, 2.24) is 0 Å². The second-order valence-corrected chi connectivity index (χ2v) is 4.93. The van der Waals surface area contributed by atoms with Gasteiger partial charge in [-0.15, -0.1) is 11.3 Å². The summed E-state index contributed by atoms with van der Waals surface area (Å²) in [4.78, 5) is 22.2. The zero-order valence-electron chi connectivity index (χ0n) is 11.5. The smallest absolute Gasteiger partial charge is 0.550 e. The Morgan fingerprint density at radius 3 is 2.57 bits per heavy atom. The van der Waals surface area contributed by atoms with Crippen LogP contribution in [0.4, 0.5) is 9.80 Å². The third-order valence-corrected chi connectivity index (χ3v) is 3.38. The number of rotatable bonds is 5. The number of ether oxygens (including phenoxy) is 1. The maximum absolute atomic E-state index is 11.6. The molecule has 1 aromatic heterocycles. The number of nitrogens with one attached hydrogen (secondary N) is 1. The summed E-state index contributed by atoms with van der Waals surface area (Å²) in [6, 6.07) is 10.9. The summed E-state index contributed by atoms with van der Waals surface area (Å²) < 4.78 is 5.05. The molecule has 2 aromatic rings. The topological polar surface area (TPSA) is 78.5 Å². The van der Waals surface area contributed by atoms with E-state index in [-0.39, 0.29) is 64.4 Å². The van der Waals surface area contributed by atoms with Gasteiger partial charge >= 0.3 is 57.5 Å². The Balaban J connectivity index is 0.00000220. The fourth-order valence-electron chi connectivity index (χ4n) is 1.59. The molecular weight excluding hydrogens is 317 g/mol. The van der Waals surface area contributed by atoms with E-state index in [1.807, 2.05) is 30.3 Å². The maximum atomic E-state index is 11.6. The summed E-state index contributed by atoms with van der Waals surface area (Å²) in [6.45, 7) is 0.161. The van der Waals surface area contributed by atoms with Gasteiger partial charge in [0, 0.05) is 12.4 Å². The molecule has 1 N–H and O–H groups in total. The monoisotopic (exact) mass is 329 g/mol. The first-order chi connectivity index (χ1) is 9.65. The summed E-state index contributed by atoms with van der Waals surface area (Å²) in [5, 5.41) is 15.3. The van der Waals surface area contributed by atoms with Gasteiger partial charge in [0.1, 0.15) is 11.6 Å². The Morgan fingerprint density at radius 1 is 1.19 bits per heavy atom. The first-order valence-corrected chi connectivity index (χ1v) is 6.77. The van der Waals surface area contributed by atoms with E-state index in [9.17, 15) is 14.7 Å². The molecule has 0 unspecified atom stereocenters. The van der Waals surface area contributed by atoms with Gasteiger partial charge in [0.2, 0.25) is 0 Å². The van der Waals surface area contributed by atoms with Crippen LogP contribution in [-0.2, 0) is 22.6 Å². The first kappa shape index (κ1) is 18.3. The van der Waals surface area contributed by atoms with Crippen LogP contribution in [0.1, 0.15) is 11.1 Å². The SMILES string of the molecule is O=C([O-])Cc1ccsc1NC(=O)OCc1ccccc1.[K+]. The largest absolute Gasteiger partial charge is 1.00 e. The molecule has 0 saturated carbocycles. The third-order valence-electron chi connectivity index (χ3n) is 2.51. The van der Waals surface area contributed by atoms with Gasteiger partial charge in [-0.2, -0.15) is 0 Å². The molecule has 0 aliphatic carbocycles. The van der Waals surface area contributed by atoms with Crippen molar-refractivity contribution in [1.29, 1.82) is 0 Å². The molecule has 0 fully saturated rings. The zero-order chi connectivity index (χ0) is 14.4. The molecule has 104 valence electrons. The second kappa shape index (κ2) is 9.34. The minimum absolute atomic E-state index is 0. The molecule has 1 amide bonds. The van der Waals surface area contributed by atoms with E-state index in [2.05, 4.69) is 5.32 Å². The molecule has 0 aliphatic rings. The fraction of sp³-hybridized carbons (Fsp3) is 0.143. The summed E-state index contributed by atoms with van der Waals surface area (Å²) in [7, 11) is 0. The number of hydrogen-bond donors (Lipinski definition) is 1. The van der Waals surface area contributed by atoms with Crippen LogP contribution in [0.25, 0.3) is 0 Å². The molecule has 0 spiro atoms. The maximum Gasteiger partial charge on any atom is 1.00 e. The number of aliphatic carboxylic acids is 1. The van der Waals surface area contributed by atoms with Gasteiger partial charge < -0.3 is 14.6 Å². The normalized spacial score (nSPS) is 9.52. The Labute approximate surface area is 168 Å². The van der Waals surface area contributed by atoms with Crippen molar-refractivity contribution in [3.05, 3.63) is 52.9 Å². The standard InChI is InChI=1S/C14H13NO4S.K/c16-12(17)8-11-6-7-20-13(11)15-14(18)19-9-10-4-2-1-3-5-10;/h1-7H,8-9H2,(H,15,18)(H,16,17);/q;+1/p-1. The number of hydrogen-bond acceptors (Lipinski definition) is 5. The molecule has 0 radical (unpaired) electrons. The third kappa shape index (κ3) is 6.29. The molecule has 0 saturated heterocycles. The molecule has 0 atom stereocenters. The van der Waals surface area contributed by atoms with Crippen molar-refractivity contribution in [2.75, 3.05) is 5.32 Å². The Kier molecular flexibility index (Phi) is 8.16. The van der Waals surface area contributed by atoms with Crippen LogP contribution in [0.15, 0.2) is 41.8 Å². The van der Waals surface area contributed by atoms with E-state index in [1.165, 1.54) is 11.3 Å². The summed E-state index contributed by atoms with van der Waals surface area (Å²) in [5.41, 5.74) is 1.38. The summed E-state index contributed by atoms with van der Waals surface area (Å²) in [5.74, 6) is -1.19. The molecule has 7 heteroatoms. The predicted molar refractivity (Wildman–Crippen MR) is 73.3 cm³/mol. The molecule has 0 aliphatic heterocycles. The van der Waals surface area contributed by atoms with Crippen molar-refractivity contribution in [3.8, 4) is 0 Å². The first-order valence-electron chi connectivity index (χ1n) is 5.89. The predicted octanol–water partition coefficient (Wildman–Crippen LogP) is -1.21. The van der Waals surface area contributed by atoms with E-state index in [0.29, 0.717) is 10.6 Å². The second-order valence-electron chi connectivity index (χ2n) is 4.01. The molecule has 1 heterocycles. The number of carbonyl (C=O) groups excluding carboxylic acids is 2. The van der Waals surface area contributed by atoms with Crippen LogP contribution < -0.4 is 61.8 Å². The zero-order valence-corrected chi connectivity index (χ0v) is 15.4. The number of thiophene rings is 1. The van der Waals surface area contributed by atoms with Crippen molar-refractivity contribution in [2.24, 2.45) is 0 Å². The Morgan fingerprint density at radius 2 is 1.90 bits per heavy atom.